The van der Waals surface area contributed by atoms with Crippen molar-refractivity contribution in [2.45, 2.75) is 30.3 Å². The number of likely N-dealkylation sites (N-methyl/N-ethyl adjacent to an activating group) is 1. The Morgan fingerprint density at radius 3 is 2.27 bits per heavy atom. The fraction of sp³-hybridized carbons (Fsp3) is 0.409. The highest BCUT2D eigenvalue weighted by atomic mass is 16.4. The molecule has 3 aliphatic carbocycles. The second kappa shape index (κ2) is 6.87. The van der Waals surface area contributed by atoms with E-state index in [0.29, 0.717) is 0 Å². The van der Waals surface area contributed by atoms with Gasteiger partial charge in [-0.2, -0.15) is 0 Å². The van der Waals surface area contributed by atoms with E-state index >= 15 is 0 Å². The van der Waals surface area contributed by atoms with Crippen LogP contribution in [-0.2, 0) is 20.0 Å². The minimum Gasteiger partial charge on any atom is -0.508 e. The normalized spacial score (nSPS) is 36.0. The molecule has 6 atom stereocenters. The van der Waals surface area contributed by atoms with E-state index in [1.54, 1.807) is 0 Å². The van der Waals surface area contributed by atoms with Crippen LogP contribution in [0.15, 0.2) is 35.1 Å². The maximum absolute atomic E-state index is 13.7. The van der Waals surface area contributed by atoms with Gasteiger partial charge in [0.1, 0.15) is 22.8 Å². The Labute approximate surface area is 187 Å². The molecule has 1 fully saturated rings. The number of phenols is 1. The molecule has 1 saturated carbocycles. The van der Waals surface area contributed by atoms with E-state index in [1.807, 2.05) is 0 Å². The number of nitrogens with zero attached hydrogens (tertiary/aromatic N) is 1. The van der Waals surface area contributed by atoms with Gasteiger partial charge in [0.2, 0.25) is 5.78 Å². The molecule has 0 heterocycles. The summed E-state index contributed by atoms with van der Waals surface area (Å²) in [5.74, 6) is -9.67. The molecule has 0 aliphatic heterocycles. The lowest BCUT2D eigenvalue weighted by Crippen LogP contribution is -2.71. The number of nitrogens with two attached hydrogens (primary N) is 1. The number of phenolic OH excluding ortho intramolecular Hbond substituents is 1. The SMILES string of the molecule is CN(C)C1C(=O)C(C(N)=O)=C(O)[C@@]2(O)C(=O)C3=C(O)c4c(O)cccc4[C@@](C)(O)[C@H]3[C@H](O)[C@H]12. The van der Waals surface area contributed by atoms with Gasteiger partial charge in [0.15, 0.2) is 11.4 Å². The van der Waals surface area contributed by atoms with Gasteiger partial charge < -0.3 is 36.4 Å². The first-order valence-electron chi connectivity index (χ1n) is 10.1. The van der Waals surface area contributed by atoms with Crippen LogP contribution in [0.5, 0.6) is 5.75 Å². The number of Topliss-reactive ketones (excluding diaryl/α,β-unsaturated/α-hetero) is 2. The molecule has 33 heavy (non-hydrogen) atoms. The Balaban J connectivity index is 2.11. The van der Waals surface area contributed by atoms with E-state index < -0.39 is 81.1 Å². The molecule has 1 amide bonds. The number of carbonyl (C=O) groups is 3. The van der Waals surface area contributed by atoms with Crippen molar-refractivity contribution in [1.82, 2.24) is 4.90 Å². The van der Waals surface area contributed by atoms with Crippen LogP contribution in [-0.4, -0.2) is 84.9 Å². The number of hydrogen-bond acceptors (Lipinski definition) is 10. The lowest BCUT2D eigenvalue weighted by atomic mass is 9.53. The molecule has 0 aromatic heterocycles. The van der Waals surface area contributed by atoms with Crippen LogP contribution >= 0.6 is 0 Å². The summed E-state index contributed by atoms with van der Waals surface area (Å²) < 4.78 is 0. The number of aliphatic hydroxyl groups is 5. The summed E-state index contributed by atoms with van der Waals surface area (Å²) >= 11 is 0. The highest BCUT2D eigenvalue weighted by Gasteiger charge is 2.70. The maximum atomic E-state index is 13.7. The fourth-order valence-corrected chi connectivity index (χ4v) is 5.60. The Hall–Kier alpha value is -3.25. The first-order valence-corrected chi connectivity index (χ1v) is 10.1. The highest BCUT2D eigenvalue weighted by Crippen LogP contribution is 2.57. The second-order valence-corrected chi connectivity index (χ2v) is 9.06. The Bertz CT molecular complexity index is 1180. The Morgan fingerprint density at radius 1 is 1.12 bits per heavy atom. The van der Waals surface area contributed by atoms with Gasteiger partial charge >= 0.3 is 0 Å². The van der Waals surface area contributed by atoms with Gasteiger partial charge in [-0.05, 0) is 32.6 Å². The van der Waals surface area contributed by atoms with Crippen molar-refractivity contribution in [1.29, 1.82) is 0 Å². The van der Waals surface area contributed by atoms with Crippen molar-refractivity contribution >= 4 is 23.2 Å². The molecule has 11 heteroatoms. The number of rotatable bonds is 2. The number of carbonyl (C=O) groups excluding carboxylic acids is 3. The smallest absolute Gasteiger partial charge is 0.255 e. The number of aromatic hydroxyl groups is 1. The zero-order chi connectivity index (χ0) is 24.8. The van der Waals surface area contributed by atoms with Gasteiger partial charge in [-0.3, -0.25) is 19.3 Å². The molecule has 0 spiro atoms. The van der Waals surface area contributed by atoms with Crippen LogP contribution in [0.25, 0.3) is 5.76 Å². The number of amides is 1. The van der Waals surface area contributed by atoms with Crippen LogP contribution in [0.1, 0.15) is 18.1 Å². The second-order valence-electron chi connectivity index (χ2n) is 9.06. The minimum atomic E-state index is -3.02. The van der Waals surface area contributed by atoms with Crippen LogP contribution in [0, 0.1) is 11.8 Å². The molecule has 0 radical (unpaired) electrons. The van der Waals surface area contributed by atoms with Crippen molar-refractivity contribution in [3.05, 3.63) is 46.2 Å². The van der Waals surface area contributed by atoms with Crippen LogP contribution < -0.4 is 5.73 Å². The summed E-state index contributed by atoms with van der Waals surface area (Å²) in [5.41, 5.74) is -1.78. The summed E-state index contributed by atoms with van der Waals surface area (Å²) in [6.07, 6.45) is -1.87. The van der Waals surface area contributed by atoms with E-state index in [-0.39, 0.29) is 11.1 Å². The Morgan fingerprint density at radius 2 is 1.73 bits per heavy atom. The zero-order valence-electron chi connectivity index (χ0n) is 18.0. The largest absolute Gasteiger partial charge is 0.508 e. The summed E-state index contributed by atoms with van der Waals surface area (Å²) in [4.78, 5) is 39.9. The van der Waals surface area contributed by atoms with Crippen molar-refractivity contribution in [3.8, 4) is 5.75 Å². The molecule has 1 aromatic carbocycles. The van der Waals surface area contributed by atoms with E-state index in [9.17, 15) is 45.0 Å². The average molecular weight is 460 g/mol. The monoisotopic (exact) mass is 460 g/mol. The fourth-order valence-electron chi connectivity index (χ4n) is 5.60. The van der Waals surface area contributed by atoms with Crippen LogP contribution in [0.3, 0.4) is 0 Å². The molecule has 4 rings (SSSR count). The molecule has 3 aliphatic rings. The maximum Gasteiger partial charge on any atom is 0.255 e. The third-order valence-electron chi connectivity index (χ3n) is 7.03. The first kappa shape index (κ1) is 22.9. The number of aliphatic hydroxyl groups excluding tert-OH is 3. The molecule has 1 unspecified atom stereocenters. The van der Waals surface area contributed by atoms with E-state index in [2.05, 4.69) is 0 Å². The van der Waals surface area contributed by atoms with Crippen molar-refractivity contribution in [2.24, 2.45) is 17.6 Å². The highest BCUT2D eigenvalue weighted by molar-refractivity contribution is 6.24. The average Bonchev–Trinajstić information content (AvgIpc) is 2.70. The number of benzene rings is 1. The molecule has 8 N–H and O–H groups in total. The lowest BCUT2D eigenvalue weighted by Gasteiger charge is -2.55. The number of ketones is 2. The van der Waals surface area contributed by atoms with Crippen LogP contribution in [0.2, 0.25) is 0 Å². The number of hydrogen-bond donors (Lipinski definition) is 7. The number of fused-ring (bicyclic) bond motifs is 3. The van der Waals surface area contributed by atoms with Gasteiger partial charge in [0, 0.05) is 0 Å². The summed E-state index contributed by atoms with van der Waals surface area (Å²) in [5, 5.41) is 66.3. The summed E-state index contributed by atoms with van der Waals surface area (Å²) in [7, 11) is 2.80. The molecular weight excluding hydrogens is 436 g/mol. The molecule has 1 aromatic rings. The van der Waals surface area contributed by atoms with E-state index in [0.717, 1.165) is 0 Å². The van der Waals surface area contributed by atoms with Crippen molar-refractivity contribution < 1.29 is 45.0 Å². The summed E-state index contributed by atoms with van der Waals surface area (Å²) in [6.45, 7) is 1.25. The van der Waals surface area contributed by atoms with Gasteiger partial charge in [-0.25, -0.2) is 0 Å². The van der Waals surface area contributed by atoms with E-state index in [4.69, 9.17) is 5.73 Å². The first-order chi connectivity index (χ1) is 15.2. The topological polar surface area (TPSA) is 202 Å². The number of primary amides is 1. The quantitative estimate of drug-likeness (QED) is 0.257. The lowest BCUT2D eigenvalue weighted by molar-refractivity contribution is -0.181. The van der Waals surface area contributed by atoms with Gasteiger partial charge in [0.05, 0.1) is 40.7 Å². The van der Waals surface area contributed by atoms with Crippen LogP contribution in [0.4, 0.5) is 0 Å². The minimum absolute atomic E-state index is 0.00664. The standard InChI is InChI=1S/C22H24N2O9/c1-21(32)7-5-4-6-8(25)9(7)15(26)10-12(21)17(28)13-14(24(2)3)16(27)11(20(23)31)19(30)22(13,33)18(10)29/h4-6,12-14,17,25-26,28,30,32-33H,1-3H3,(H2,23,31)/t12-,13+,14?,17+,21-,22+/m1/s1. The molecule has 0 saturated heterocycles. The van der Waals surface area contributed by atoms with Crippen molar-refractivity contribution in [3.63, 3.8) is 0 Å². The van der Waals surface area contributed by atoms with Gasteiger partial charge in [-0.15, -0.1) is 0 Å². The third kappa shape index (κ3) is 2.61. The molecule has 0 bridgehead atoms. The zero-order valence-corrected chi connectivity index (χ0v) is 18.0. The van der Waals surface area contributed by atoms with Gasteiger partial charge in [0.25, 0.3) is 5.91 Å². The predicted octanol–water partition coefficient (Wildman–Crippen LogP) is -1.40. The molecule has 11 nitrogen and oxygen atoms in total. The molecular formula is C22H24N2O9. The van der Waals surface area contributed by atoms with E-state index in [1.165, 1.54) is 44.1 Å². The molecule has 176 valence electrons. The predicted molar refractivity (Wildman–Crippen MR) is 112 cm³/mol. The Kier molecular flexibility index (Phi) is 4.78. The van der Waals surface area contributed by atoms with Gasteiger partial charge in [-0.1, -0.05) is 12.1 Å². The summed E-state index contributed by atoms with van der Waals surface area (Å²) in [6, 6.07) is 2.50. The van der Waals surface area contributed by atoms with Crippen molar-refractivity contribution in [2.75, 3.05) is 14.1 Å². The third-order valence-corrected chi connectivity index (χ3v) is 7.03.